The highest BCUT2D eigenvalue weighted by molar-refractivity contribution is 5.98. The fourth-order valence-electron chi connectivity index (χ4n) is 3.71. The number of hydrogen-bond donors (Lipinski definition) is 2. The van der Waals surface area contributed by atoms with Crippen molar-refractivity contribution in [3.63, 3.8) is 0 Å². The Balaban J connectivity index is 1.31. The lowest BCUT2D eigenvalue weighted by Crippen LogP contribution is -2.43. The average molecular weight is 407 g/mol. The van der Waals surface area contributed by atoms with Crippen molar-refractivity contribution < 1.29 is 9.59 Å². The van der Waals surface area contributed by atoms with Crippen molar-refractivity contribution in [1.29, 1.82) is 0 Å². The topological polar surface area (TPSA) is 64.7 Å². The predicted molar refractivity (Wildman–Crippen MR) is 118 cm³/mol. The van der Waals surface area contributed by atoms with Crippen LogP contribution in [0.1, 0.15) is 34.3 Å². The third kappa shape index (κ3) is 5.68. The second-order valence-electron chi connectivity index (χ2n) is 8.43. The highest BCUT2D eigenvalue weighted by atomic mass is 16.2. The van der Waals surface area contributed by atoms with Gasteiger partial charge in [0.15, 0.2) is 0 Å². The van der Waals surface area contributed by atoms with Gasteiger partial charge in [-0.05, 0) is 49.2 Å². The summed E-state index contributed by atoms with van der Waals surface area (Å²) in [6.45, 7) is 5.81. The van der Waals surface area contributed by atoms with E-state index >= 15 is 0 Å². The maximum atomic E-state index is 12.6. The van der Waals surface area contributed by atoms with Gasteiger partial charge in [0.05, 0.1) is 0 Å². The van der Waals surface area contributed by atoms with E-state index < -0.39 is 0 Å². The van der Waals surface area contributed by atoms with Gasteiger partial charge < -0.3 is 15.5 Å². The van der Waals surface area contributed by atoms with Gasteiger partial charge in [0.25, 0.3) is 5.91 Å². The smallest absolute Gasteiger partial charge is 0.251 e. The number of anilines is 1. The molecule has 1 saturated carbocycles. The van der Waals surface area contributed by atoms with Crippen molar-refractivity contribution in [1.82, 2.24) is 15.1 Å². The molecule has 0 unspecified atom stereocenters. The molecule has 2 fully saturated rings. The van der Waals surface area contributed by atoms with Gasteiger partial charge in [-0.15, -0.1) is 0 Å². The van der Waals surface area contributed by atoms with Crippen molar-refractivity contribution in [2.75, 3.05) is 38.5 Å². The summed E-state index contributed by atoms with van der Waals surface area (Å²) in [7, 11) is 2.16. The molecule has 0 radical (unpaired) electrons. The van der Waals surface area contributed by atoms with Crippen molar-refractivity contribution in [3.8, 4) is 0 Å². The molecule has 0 aromatic heterocycles. The second-order valence-corrected chi connectivity index (χ2v) is 8.43. The fraction of sp³-hybridized carbons (Fsp3) is 0.417. The number of nitrogens with zero attached hydrogens (tertiary/aromatic N) is 2. The Labute approximate surface area is 178 Å². The molecule has 6 heteroatoms. The number of hydrogen-bond acceptors (Lipinski definition) is 4. The van der Waals surface area contributed by atoms with Crippen LogP contribution < -0.4 is 10.6 Å². The van der Waals surface area contributed by atoms with Gasteiger partial charge in [-0.3, -0.25) is 14.5 Å². The number of nitrogens with one attached hydrogen (secondary N) is 2. The maximum Gasteiger partial charge on any atom is 0.251 e. The van der Waals surface area contributed by atoms with Gasteiger partial charge in [0.2, 0.25) is 5.91 Å². The zero-order valence-electron chi connectivity index (χ0n) is 17.6. The number of rotatable bonds is 7. The van der Waals surface area contributed by atoms with Gasteiger partial charge in [-0.2, -0.15) is 0 Å². The fourth-order valence-corrected chi connectivity index (χ4v) is 3.71. The molecule has 2 aromatic rings. The number of benzene rings is 2. The highest BCUT2D eigenvalue weighted by Gasteiger charge is 2.29. The predicted octanol–water partition coefficient (Wildman–Crippen LogP) is 2.71. The minimum atomic E-state index is -0.137. The van der Waals surface area contributed by atoms with E-state index in [1.54, 1.807) is 18.2 Å². The van der Waals surface area contributed by atoms with E-state index in [1.807, 2.05) is 12.1 Å². The molecular weight excluding hydrogens is 376 g/mol. The molecule has 0 spiro atoms. The number of amides is 2. The van der Waals surface area contributed by atoms with Gasteiger partial charge in [-0.25, -0.2) is 0 Å². The monoisotopic (exact) mass is 406 g/mol. The molecule has 1 aliphatic heterocycles. The second kappa shape index (κ2) is 9.41. The summed E-state index contributed by atoms with van der Waals surface area (Å²) >= 11 is 0. The lowest BCUT2D eigenvalue weighted by atomic mass is 10.1. The van der Waals surface area contributed by atoms with Crippen molar-refractivity contribution in [2.24, 2.45) is 5.92 Å². The summed E-state index contributed by atoms with van der Waals surface area (Å²) in [5.41, 5.74) is 3.59. The summed E-state index contributed by atoms with van der Waals surface area (Å²) in [4.78, 5) is 29.4. The standard InChI is InChI=1S/C24H30N4O2/c1-27-10-12-28(13-11-27)17-19-5-2-4-18(14-19)16-25-23(29)21-6-3-7-22(15-21)26-24(30)20-8-9-20/h2-7,14-15,20H,8-13,16-17H2,1H3,(H,25,29)(H,26,30). The lowest BCUT2D eigenvalue weighted by molar-refractivity contribution is -0.117. The van der Waals surface area contributed by atoms with Crippen molar-refractivity contribution >= 4 is 17.5 Å². The lowest BCUT2D eigenvalue weighted by Gasteiger charge is -2.32. The van der Waals surface area contributed by atoms with Crippen LogP contribution in [0.3, 0.4) is 0 Å². The first-order chi connectivity index (χ1) is 14.6. The van der Waals surface area contributed by atoms with E-state index in [9.17, 15) is 9.59 Å². The van der Waals surface area contributed by atoms with Crippen LogP contribution in [0, 0.1) is 5.92 Å². The van der Waals surface area contributed by atoms with Gasteiger partial charge in [0, 0.05) is 56.4 Å². The van der Waals surface area contributed by atoms with E-state index in [1.165, 1.54) is 5.56 Å². The van der Waals surface area contributed by atoms with Crippen LogP contribution in [0.4, 0.5) is 5.69 Å². The van der Waals surface area contributed by atoms with Crippen LogP contribution in [0.5, 0.6) is 0 Å². The molecule has 6 nitrogen and oxygen atoms in total. The van der Waals surface area contributed by atoms with Crippen molar-refractivity contribution in [2.45, 2.75) is 25.9 Å². The van der Waals surface area contributed by atoms with Crippen LogP contribution >= 0.6 is 0 Å². The van der Waals surface area contributed by atoms with Crippen LogP contribution in [0.25, 0.3) is 0 Å². The Bertz CT molecular complexity index is 902. The first kappa shape index (κ1) is 20.6. The van der Waals surface area contributed by atoms with E-state index in [2.05, 4.69) is 45.7 Å². The molecule has 2 aliphatic rings. The van der Waals surface area contributed by atoms with Crippen LogP contribution in [-0.4, -0.2) is 54.8 Å². The number of likely N-dealkylation sites (N-methyl/N-ethyl adjacent to an activating group) is 1. The third-order valence-corrected chi connectivity index (χ3v) is 5.79. The van der Waals surface area contributed by atoms with Crippen molar-refractivity contribution in [3.05, 3.63) is 65.2 Å². The molecule has 158 valence electrons. The summed E-state index contributed by atoms with van der Waals surface area (Å²) in [5, 5.41) is 5.89. The summed E-state index contributed by atoms with van der Waals surface area (Å²) < 4.78 is 0. The molecule has 1 saturated heterocycles. The minimum Gasteiger partial charge on any atom is -0.348 e. The molecule has 0 atom stereocenters. The Morgan fingerprint density at radius 3 is 2.47 bits per heavy atom. The molecule has 0 bridgehead atoms. The highest BCUT2D eigenvalue weighted by Crippen LogP contribution is 2.30. The number of carbonyl (C=O) groups is 2. The molecule has 2 aromatic carbocycles. The zero-order valence-corrected chi connectivity index (χ0v) is 17.6. The van der Waals surface area contributed by atoms with Crippen LogP contribution in [-0.2, 0) is 17.9 Å². The SMILES string of the molecule is CN1CCN(Cc2cccc(CNC(=O)c3cccc(NC(=O)C4CC4)c3)c2)CC1. The number of piperazine rings is 1. The normalized spacial score (nSPS) is 17.5. The van der Waals surface area contributed by atoms with E-state index in [-0.39, 0.29) is 17.7 Å². The van der Waals surface area contributed by atoms with Gasteiger partial charge in [-0.1, -0.05) is 30.3 Å². The third-order valence-electron chi connectivity index (χ3n) is 5.79. The Hall–Kier alpha value is -2.70. The summed E-state index contributed by atoms with van der Waals surface area (Å²) in [5.74, 6) is 0.0484. The molecule has 4 rings (SSSR count). The Kier molecular flexibility index (Phi) is 6.45. The summed E-state index contributed by atoms with van der Waals surface area (Å²) in [6.07, 6.45) is 1.92. The number of carbonyl (C=O) groups excluding carboxylic acids is 2. The zero-order chi connectivity index (χ0) is 20.9. The largest absolute Gasteiger partial charge is 0.348 e. The molecule has 2 amide bonds. The van der Waals surface area contributed by atoms with Crippen LogP contribution in [0.2, 0.25) is 0 Å². The minimum absolute atomic E-state index is 0.0460. The maximum absolute atomic E-state index is 12.6. The van der Waals surface area contributed by atoms with E-state index in [4.69, 9.17) is 0 Å². The van der Waals surface area contributed by atoms with Gasteiger partial charge >= 0.3 is 0 Å². The molecule has 2 N–H and O–H groups in total. The first-order valence-corrected chi connectivity index (χ1v) is 10.7. The summed E-state index contributed by atoms with van der Waals surface area (Å²) in [6, 6.07) is 15.5. The van der Waals surface area contributed by atoms with E-state index in [0.29, 0.717) is 17.8 Å². The quantitative estimate of drug-likeness (QED) is 0.742. The Morgan fingerprint density at radius 1 is 0.967 bits per heavy atom. The average Bonchev–Trinajstić information content (AvgIpc) is 3.60. The van der Waals surface area contributed by atoms with Gasteiger partial charge in [0.1, 0.15) is 0 Å². The molecule has 30 heavy (non-hydrogen) atoms. The molecule has 1 heterocycles. The Morgan fingerprint density at radius 2 is 1.70 bits per heavy atom. The molecule has 1 aliphatic carbocycles. The molecular formula is C24H30N4O2. The van der Waals surface area contributed by atoms with Crippen LogP contribution in [0.15, 0.2) is 48.5 Å². The first-order valence-electron chi connectivity index (χ1n) is 10.7. The van der Waals surface area contributed by atoms with E-state index in [0.717, 1.165) is 51.1 Å².